The lowest BCUT2D eigenvalue weighted by molar-refractivity contribution is 0.0695. The molecule has 0 amide bonds. The fraction of sp³-hybridized carbons (Fsp3) is 0.462. The first kappa shape index (κ1) is 11.8. The van der Waals surface area contributed by atoms with Crippen molar-refractivity contribution in [2.75, 3.05) is 0 Å². The van der Waals surface area contributed by atoms with Crippen molar-refractivity contribution < 1.29 is 9.90 Å². The number of carboxylic acid groups (broad SMARTS) is 1. The molecule has 0 saturated carbocycles. The Morgan fingerprint density at radius 3 is 2.47 bits per heavy atom. The highest BCUT2D eigenvalue weighted by Gasteiger charge is 2.13. The maximum Gasteiger partial charge on any atom is 0.336 e. The normalized spacial score (nSPS) is 10.3. The highest BCUT2D eigenvalue weighted by atomic mass is 16.4. The lowest BCUT2D eigenvalue weighted by Gasteiger charge is -2.10. The Kier molecular flexibility index (Phi) is 3.89. The largest absolute Gasteiger partial charge is 0.478 e. The van der Waals surface area contributed by atoms with E-state index in [1.165, 1.54) is 5.56 Å². The van der Waals surface area contributed by atoms with Gasteiger partial charge < -0.3 is 5.11 Å². The van der Waals surface area contributed by atoms with Crippen molar-refractivity contribution in [2.24, 2.45) is 0 Å². The molecule has 1 aromatic carbocycles. The predicted molar refractivity (Wildman–Crippen MR) is 61.5 cm³/mol. The van der Waals surface area contributed by atoms with Gasteiger partial charge in [0, 0.05) is 0 Å². The number of benzene rings is 1. The van der Waals surface area contributed by atoms with E-state index in [2.05, 4.69) is 13.8 Å². The number of hydrogen-bond acceptors (Lipinski definition) is 1. The van der Waals surface area contributed by atoms with Gasteiger partial charge >= 0.3 is 5.97 Å². The molecule has 15 heavy (non-hydrogen) atoms. The monoisotopic (exact) mass is 206 g/mol. The Labute approximate surface area is 90.9 Å². The number of rotatable bonds is 4. The molecule has 82 valence electrons. The second kappa shape index (κ2) is 4.96. The van der Waals surface area contributed by atoms with E-state index in [1.54, 1.807) is 0 Å². The van der Waals surface area contributed by atoms with E-state index in [0.717, 1.165) is 30.4 Å². The first-order chi connectivity index (χ1) is 7.10. The third kappa shape index (κ3) is 2.58. The Morgan fingerprint density at radius 2 is 2.00 bits per heavy atom. The Balaban J connectivity index is 3.28. The molecule has 0 radical (unpaired) electrons. The third-order valence-corrected chi connectivity index (χ3v) is 2.62. The summed E-state index contributed by atoms with van der Waals surface area (Å²) in [6, 6.07) is 4.00. The lowest BCUT2D eigenvalue weighted by atomic mass is 9.95. The molecule has 0 spiro atoms. The van der Waals surface area contributed by atoms with Gasteiger partial charge in [-0.15, -0.1) is 0 Å². The summed E-state index contributed by atoms with van der Waals surface area (Å²) in [6.45, 7) is 6.03. The zero-order chi connectivity index (χ0) is 11.4. The molecule has 0 aliphatic rings. The van der Waals surface area contributed by atoms with E-state index in [0.29, 0.717) is 5.56 Å². The summed E-state index contributed by atoms with van der Waals surface area (Å²) in [6.07, 6.45) is 2.78. The van der Waals surface area contributed by atoms with Crippen molar-refractivity contribution in [3.63, 3.8) is 0 Å². The van der Waals surface area contributed by atoms with Crippen molar-refractivity contribution in [1.29, 1.82) is 0 Å². The molecule has 2 nitrogen and oxygen atoms in total. The van der Waals surface area contributed by atoms with E-state index in [9.17, 15) is 4.79 Å². The van der Waals surface area contributed by atoms with Crippen molar-refractivity contribution in [3.8, 4) is 0 Å². The molecule has 1 rings (SSSR count). The van der Waals surface area contributed by atoms with Crippen LogP contribution in [0.5, 0.6) is 0 Å². The second-order valence-electron chi connectivity index (χ2n) is 3.86. The van der Waals surface area contributed by atoms with Crippen LogP contribution in [0.3, 0.4) is 0 Å². The van der Waals surface area contributed by atoms with Gasteiger partial charge in [0.1, 0.15) is 0 Å². The van der Waals surface area contributed by atoms with Crippen LogP contribution in [-0.2, 0) is 12.8 Å². The molecule has 0 fully saturated rings. The number of carbonyl (C=O) groups is 1. The zero-order valence-electron chi connectivity index (χ0n) is 9.63. The maximum atomic E-state index is 11.1. The Morgan fingerprint density at radius 1 is 1.33 bits per heavy atom. The van der Waals surface area contributed by atoms with Crippen molar-refractivity contribution in [2.45, 2.75) is 40.0 Å². The molecular weight excluding hydrogens is 188 g/mol. The maximum absolute atomic E-state index is 11.1. The average Bonchev–Trinajstić information content (AvgIpc) is 2.16. The van der Waals surface area contributed by atoms with Gasteiger partial charge in [-0.25, -0.2) is 4.79 Å². The van der Waals surface area contributed by atoms with Gasteiger partial charge in [0.15, 0.2) is 0 Å². The van der Waals surface area contributed by atoms with E-state index >= 15 is 0 Å². The number of hydrogen-bond donors (Lipinski definition) is 1. The molecule has 1 aromatic rings. The highest BCUT2D eigenvalue weighted by Crippen LogP contribution is 2.19. The van der Waals surface area contributed by atoms with Crippen molar-refractivity contribution in [3.05, 3.63) is 34.4 Å². The SMILES string of the molecule is CCCc1cc(CC)cc(C)c1C(=O)O. The summed E-state index contributed by atoms with van der Waals surface area (Å²) < 4.78 is 0. The van der Waals surface area contributed by atoms with Crippen LogP contribution >= 0.6 is 0 Å². The van der Waals surface area contributed by atoms with Crippen LogP contribution in [0.25, 0.3) is 0 Å². The molecule has 2 heteroatoms. The average molecular weight is 206 g/mol. The second-order valence-corrected chi connectivity index (χ2v) is 3.86. The molecule has 0 unspecified atom stereocenters. The van der Waals surface area contributed by atoms with Crippen LogP contribution < -0.4 is 0 Å². The fourth-order valence-corrected chi connectivity index (χ4v) is 1.92. The summed E-state index contributed by atoms with van der Waals surface area (Å²) in [5.41, 5.74) is 3.57. The van der Waals surface area contributed by atoms with Gasteiger partial charge in [-0.3, -0.25) is 0 Å². The molecule has 1 N–H and O–H groups in total. The fourth-order valence-electron chi connectivity index (χ4n) is 1.92. The van der Waals surface area contributed by atoms with Crippen LogP contribution in [0, 0.1) is 6.92 Å². The Hall–Kier alpha value is -1.31. The molecular formula is C13H18O2. The summed E-state index contributed by atoms with van der Waals surface area (Å²) in [4.78, 5) is 11.1. The summed E-state index contributed by atoms with van der Waals surface area (Å²) >= 11 is 0. The van der Waals surface area contributed by atoms with Crippen LogP contribution in [-0.4, -0.2) is 11.1 Å². The van der Waals surface area contributed by atoms with E-state index in [1.807, 2.05) is 19.1 Å². The van der Waals surface area contributed by atoms with Crippen LogP contribution in [0.4, 0.5) is 0 Å². The minimum atomic E-state index is -0.807. The summed E-state index contributed by atoms with van der Waals surface area (Å²) in [5, 5.41) is 9.14. The van der Waals surface area contributed by atoms with Crippen molar-refractivity contribution in [1.82, 2.24) is 0 Å². The molecule has 0 saturated heterocycles. The van der Waals surface area contributed by atoms with Crippen LogP contribution in [0.1, 0.15) is 47.3 Å². The predicted octanol–water partition coefficient (Wildman–Crippen LogP) is 3.21. The van der Waals surface area contributed by atoms with Gasteiger partial charge in [0.2, 0.25) is 0 Å². The summed E-state index contributed by atoms with van der Waals surface area (Å²) in [7, 11) is 0. The van der Waals surface area contributed by atoms with Crippen molar-refractivity contribution >= 4 is 5.97 Å². The van der Waals surface area contributed by atoms with Gasteiger partial charge in [-0.1, -0.05) is 32.4 Å². The molecule has 0 heterocycles. The van der Waals surface area contributed by atoms with Gasteiger partial charge in [0.25, 0.3) is 0 Å². The van der Waals surface area contributed by atoms with Gasteiger partial charge in [-0.2, -0.15) is 0 Å². The molecule has 0 atom stereocenters. The number of aryl methyl sites for hydroxylation is 3. The smallest absolute Gasteiger partial charge is 0.336 e. The number of carboxylic acids is 1. The van der Waals surface area contributed by atoms with E-state index in [4.69, 9.17) is 5.11 Å². The van der Waals surface area contributed by atoms with Gasteiger partial charge in [-0.05, 0) is 36.5 Å². The first-order valence-electron chi connectivity index (χ1n) is 5.45. The zero-order valence-corrected chi connectivity index (χ0v) is 9.63. The summed E-state index contributed by atoms with van der Waals surface area (Å²) in [5.74, 6) is -0.807. The quantitative estimate of drug-likeness (QED) is 0.821. The Bertz CT molecular complexity index is 367. The molecule has 0 aliphatic carbocycles. The van der Waals surface area contributed by atoms with E-state index < -0.39 is 5.97 Å². The van der Waals surface area contributed by atoms with Gasteiger partial charge in [0.05, 0.1) is 5.56 Å². The third-order valence-electron chi connectivity index (χ3n) is 2.62. The minimum Gasteiger partial charge on any atom is -0.478 e. The molecule has 0 bridgehead atoms. The topological polar surface area (TPSA) is 37.3 Å². The first-order valence-corrected chi connectivity index (χ1v) is 5.45. The molecule has 0 aliphatic heterocycles. The number of aromatic carboxylic acids is 1. The lowest BCUT2D eigenvalue weighted by Crippen LogP contribution is -2.06. The van der Waals surface area contributed by atoms with E-state index in [-0.39, 0.29) is 0 Å². The van der Waals surface area contributed by atoms with Crippen LogP contribution in [0.15, 0.2) is 12.1 Å². The standard InChI is InChI=1S/C13H18O2/c1-4-6-11-8-10(5-2)7-9(3)12(11)13(14)15/h7-8H,4-6H2,1-3H3,(H,14,15). The molecule has 0 aromatic heterocycles. The minimum absolute atomic E-state index is 0.494. The van der Waals surface area contributed by atoms with Crippen LogP contribution in [0.2, 0.25) is 0 Å². The highest BCUT2D eigenvalue weighted by molar-refractivity contribution is 5.91.